The van der Waals surface area contributed by atoms with Crippen LogP contribution < -0.4 is 10.6 Å². The Morgan fingerprint density at radius 1 is 1.19 bits per heavy atom. The highest BCUT2D eigenvalue weighted by Crippen LogP contribution is 2.36. The number of aryl methyl sites for hydroxylation is 3. The highest BCUT2D eigenvalue weighted by Gasteiger charge is 2.23. The summed E-state index contributed by atoms with van der Waals surface area (Å²) in [7, 11) is 0. The third-order valence-electron chi connectivity index (χ3n) is 4.69. The van der Waals surface area contributed by atoms with Gasteiger partial charge in [-0.25, -0.2) is 14.8 Å². The van der Waals surface area contributed by atoms with Crippen LogP contribution in [0.15, 0.2) is 5.03 Å². The highest BCUT2D eigenvalue weighted by molar-refractivity contribution is 8.00. The zero-order valence-electron chi connectivity index (χ0n) is 15.5. The van der Waals surface area contributed by atoms with Gasteiger partial charge in [0, 0.05) is 16.3 Å². The molecular formula is C18H24N4O2S2. The molecule has 1 saturated carbocycles. The first-order valence-electron chi connectivity index (χ1n) is 8.87. The van der Waals surface area contributed by atoms with Crippen molar-refractivity contribution in [1.29, 1.82) is 0 Å². The van der Waals surface area contributed by atoms with Crippen molar-refractivity contribution in [3.05, 3.63) is 16.3 Å². The second kappa shape index (κ2) is 7.92. The molecule has 1 aliphatic rings. The van der Waals surface area contributed by atoms with Gasteiger partial charge in [0.05, 0.1) is 5.25 Å². The van der Waals surface area contributed by atoms with E-state index in [1.54, 1.807) is 18.3 Å². The van der Waals surface area contributed by atoms with Crippen LogP contribution in [0.3, 0.4) is 0 Å². The average Bonchev–Trinajstić information content (AvgIpc) is 3.15. The number of imide groups is 1. The van der Waals surface area contributed by atoms with Crippen molar-refractivity contribution in [2.24, 2.45) is 0 Å². The number of hydrogen-bond acceptors (Lipinski definition) is 6. The molecule has 1 atom stereocenters. The van der Waals surface area contributed by atoms with Gasteiger partial charge in [-0.3, -0.25) is 10.1 Å². The molecule has 1 fully saturated rings. The first-order chi connectivity index (χ1) is 12.3. The smallest absolute Gasteiger partial charge is 0.321 e. The maximum Gasteiger partial charge on any atom is 0.321 e. The van der Waals surface area contributed by atoms with E-state index in [9.17, 15) is 9.59 Å². The van der Waals surface area contributed by atoms with E-state index in [0.29, 0.717) is 5.82 Å². The molecular weight excluding hydrogens is 368 g/mol. The first-order valence-corrected chi connectivity index (χ1v) is 10.6. The minimum atomic E-state index is -0.429. The van der Waals surface area contributed by atoms with Gasteiger partial charge in [-0.15, -0.1) is 11.3 Å². The van der Waals surface area contributed by atoms with Crippen LogP contribution in [0.5, 0.6) is 0 Å². The van der Waals surface area contributed by atoms with Crippen LogP contribution >= 0.6 is 23.1 Å². The summed E-state index contributed by atoms with van der Waals surface area (Å²) >= 11 is 3.01. The number of hydrogen-bond donors (Lipinski definition) is 2. The van der Waals surface area contributed by atoms with Crippen molar-refractivity contribution < 1.29 is 9.59 Å². The SMILES string of the molecule is Cc1nc(S[C@@H](C)C(=O)NC(=O)NC2CCCC2)c2c(C)c(C)sc2n1. The molecule has 0 unspecified atom stereocenters. The summed E-state index contributed by atoms with van der Waals surface area (Å²) < 4.78 is 0. The van der Waals surface area contributed by atoms with E-state index in [2.05, 4.69) is 34.4 Å². The normalized spacial score (nSPS) is 16.0. The van der Waals surface area contributed by atoms with E-state index < -0.39 is 11.3 Å². The number of amides is 3. The number of thiophene rings is 1. The van der Waals surface area contributed by atoms with Gasteiger partial charge in [-0.05, 0) is 46.1 Å². The lowest BCUT2D eigenvalue weighted by molar-refractivity contribution is -0.119. The molecule has 3 amide bonds. The number of nitrogens with zero attached hydrogens (tertiary/aromatic N) is 2. The fourth-order valence-electron chi connectivity index (χ4n) is 3.13. The van der Waals surface area contributed by atoms with Crippen molar-refractivity contribution in [3.8, 4) is 0 Å². The number of aromatic nitrogens is 2. The Morgan fingerprint density at radius 3 is 2.58 bits per heavy atom. The number of fused-ring (bicyclic) bond motifs is 1. The summed E-state index contributed by atoms with van der Waals surface area (Å²) in [5, 5.41) is 6.72. The van der Waals surface area contributed by atoms with E-state index in [-0.39, 0.29) is 11.9 Å². The van der Waals surface area contributed by atoms with Gasteiger partial charge >= 0.3 is 6.03 Å². The van der Waals surface area contributed by atoms with Gasteiger partial charge in [0.15, 0.2) is 0 Å². The zero-order chi connectivity index (χ0) is 18.8. The molecule has 0 aromatic carbocycles. The van der Waals surface area contributed by atoms with E-state index in [0.717, 1.165) is 46.5 Å². The number of carbonyl (C=O) groups excluding carboxylic acids is 2. The molecule has 140 valence electrons. The van der Waals surface area contributed by atoms with Gasteiger partial charge in [0.2, 0.25) is 5.91 Å². The van der Waals surface area contributed by atoms with Gasteiger partial charge in [-0.1, -0.05) is 24.6 Å². The summed E-state index contributed by atoms with van der Waals surface area (Å²) in [5.41, 5.74) is 1.15. The lowest BCUT2D eigenvalue weighted by Crippen LogP contribution is -2.45. The molecule has 3 rings (SSSR count). The topological polar surface area (TPSA) is 84.0 Å². The number of carbonyl (C=O) groups is 2. The van der Waals surface area contributed by atoms with E-state index >= 15 is 0 Å². The Hall–Kier alpha value is -1.67. The predicted molar refractivity (Wildman–Crippen MR) is 106 cm³/mol. The minimum absolute atomic E-state index is 0.186. The quantitative estimate of drug-likeness (QED) is 0.610. The molecule has 0 spiro atoms. The van der Waals surface area contributed by atoms with E-state index in [1.165, 1.54) is 16.6 Å². The standard InChI is InChI=1S/C18H24N4O2S2/c1-9-10(2)25-16-14(9)17(20-12(4)19-16)26-11(3)15(23)22-18(24)21-13-7-5-6-8-13/h11,13H,5-8H2,1-4H3,(H2,21,22,23,24)/t11-/m0/s1. The number of urea groups is 1. The highest BCUT2D eigenvalue weighted by atomic mass is 32.2. The Morgan fingerprint density at radius 2 is 1.88 bits per heavy atom. The van der Waals surface area contributed by atoms with Crippen molar-refractivity contribution >= 4 is 45.3 Å². The Bertz CT molecular complexity index is 843. The average molecular weight is 393 g/mol. The van der Waals surface area contributed by atoms with Crippen molar-refractivity contribution in [2.75, 3.05) is 0 Å². The molecule has 2 heterocycles. The molecule has 2 aromatic heterocycles. The van der Waals surface area contributed by atoms with Gasteiger partial charge in [0.25, 0.3) is 0 Å². The predicted octanol–water partition coefficient (Wildman–Crippen LogP) is 3.87. The van der Waals surface area contributed by atoms with Crippen molar-refractivity contribution in [1.82, 2.24) is 20.6 Å². The second-order valence-electron chi connectivity index (χ2n) is 6.74. The lowest BCUT2D eigenvalue weighted by Gasteiger charge is -2.15. The molecule has 8 heteroatoms. The van der Waals surface area contributed by atoms with Crippen LogP contribution in [0.4, 0.5) is 4.79 Å². The Kier molecular flexibility index (Phi) is 5.82. The third-order valence-corrected chi connectivity index (χ3v) is 6.88. The summed E-state index contributed by atoms with van der Waals surface area (Å²) in [5.74, 6) is 0.382. The first kappa shape index (κ1) is 19.1. The van der Waals surface area contributed by atoms with Crippen LogP contribution in [0.1, 0.15) is 48.9 Å². The molecule has 0 bridgehead atoms. The third kappa shape index (κ3) is 4.17. The fraction of sp³-hybridized carbons (Fsp3) is 0.556. The monoisotopic (exact) mass is 392 g/mol. The van der Waals surface area contributed by atoms with Crippen molar-refractivity contribution in [3.63, 3.8) is 0 Å². The molecule has 1 aliphatic carbocycles. The summed E-state index contributed by atoms with van der Waals surface area (Å²) in [4.78, 5) is 35.6. The summed E-state index contributed by atoms with van der Waals surface area (Å²) in [6.45, 7) is 7.76. The largest absolute Gasteiger partial charge is 0.335 e. The zero-order valence-corrected chi connectivity index (χ0v) is 17.1. The fourth-order valence-corrected chi connectivity index (χ4v) is 5.32. The van der Waals surface area contributed by atoms with Crippen LogP contribution in [0.25, 0.3) is 10.2 Å². The molecule has 6 nitrogen and oxygen atoms in total. The van der Waals surface area contributed by atoms with Gasteiger partial charge < -0.3 is 5.32 Å². The summed E-state index contributed by atoms with van der Waals surface area (Å²) in [6, 6.07) is -0.216. The maximum absolute atomic E-state index is 12.4. The number of thioether (sulfide) groups is 1. The molecule has 0 aliphatic heterocycles. The maximum atomic E-state index is 12.4. The van der Waals surface area contributed by atoms with E-state index in [4.69, 9.17) is 0 Å². The number of nitrogens with one attached hydrogen (secondary N) is 2. The van der Waals surface area contributed by atoms with Gasteiger partial charge in [-0.2, -0.15) is 0 Å². The Labute approximate surface area is 161 Å². The molecule has 0 saturated heterocycles. The lowest BCUT2D eigenvalue weighted by atomic mass is 10.2. The summed E-state index contributed by atoms with van der Waals surface area (Å²) in [6.07, 6.45) is 4.24. The van der Waals surface area contributed by atoms with Crippen LogP contribution in [-0.4, -0.2) is 33.2 Å². The van der Waals surface area contributed by atoms with E-state index in [1.807, 2.05) is 6.92 Å². The van der Waals surface area contributed by atoms with Crippen LogP contribution in [-0.2, 0) is 4.79 Å². The van der Waals surface area contributed by atoms with Crippen molar-refractivity contribution in [2.45, 2.75) is 69.7 Å². The van der Waals surface area contributed by atoms with Crippen LogP contribution in [0, 0.1) is 20.8 Å². The molecule has 2 aromatic rings. The Balaban J connectivity index is 1.69. The molecule has 2 N–H and O–H groups in total. The molecule has 26 heavy (non-hydrogen) atoms. The van der Waals surface area contributed by atoms with Gasteiger partial charge in [0.1, 0.15) is 15.7 Å². The van der Waals surface area contributed by atoms with Crippen LogP contribution in [0.2, 0.25) is 0 Å². The molecule has 0 radical (unpaired) electrons. The number of rotatable bonds is 4. The second-order valence-corrected chi connectivity index (χ2v) is 9.28. The minimum Gasteiger partial charge on any atom is -0.335 e.